The molecular weight excluding hydrogens is 324 g/mol. The predicted octanol–water partition coefficient (Wildman–Crippen LogP) is 2.28. The molecule has 0 spiro atoms. The van der Waals surface area contributed by atoms with Gasteiger partial charge in [0.25, 0.3) is 0 Å². The van der Waals surface area contributed by atoms with Crippen LogP contribution in [0.15, 0.2) is 29.1 Å². The first-order valence-corrected chi connectivity index (χ1v) is 8.71. The molecule has 0 amide bonds. The molecule has 1 aliphatic rings. The van der Waals surface area contributed by atoms with Gasteiger partial charge in [-0.25, -0.2) is 14.3 Å². The van der Waals surface area contributed by atoms with Crippen LogP contribution in [0.4, 0.5) is 5.82 Å². The van der Waals surface area contributed by atoms with Crippen molar-refractivity contribution in [1.82, 2.24) is 14.5 Å². The number of nitrogens with zero attached hydrogens (tertiary/aromatic N) is 4. The second-order valence-electron chi connectivity index (χ2n) is 6.25. The fraction of sp³-hybridized carbons (Fsp3) is 0.353. The van der Waals surface area contributed by atoms with Crippen molar-refractivity contribution in [3.05, 3.63) is 45.3 Å². The van der Waals surface area contributed by atoms with Gasteiger partial charge in [0.05, 0.1) is 17.3 Å². The Bertz CT molecular complexity index is 972. The first-order chi connectivity index (χ1) is 11.6. The lowest BCUT2D eigenvalue weighted by molar-refractivity contribution is 0.282. The molecule has 7 heteroatoms. The second kappa shape index (κ2) is 5.68. The minimum absolute atomic E-state index is 0.0701. The maximum Gasteiger partial charge on any atom is 0.355 e. The van der Waals surface area contributed by atoms with Crippen LogP contribution in [-0.4, -0.2) is 33.7 Å². The Morgan fingerprint density at radius 3 is 2.79 bits per heavy atom. The van der Waals surface area contributed by atoms with E-state index in [1.165, 1.54) is 0 Å². The molecular formula is C17H18N4O2S. The smallest absolute Gasteiger partial charge is 0.355 e. The number of hydrogen-bond donors (Lipinski definition) is 1. The van der Waals surface area contributed by atoms with Gasteiger partial charge in [-0.2, -0.15) is 4.98 Å². The van der Waals surface area contributed by atoms with Gasteiger partial charge in [0.2, 0.25) is 0 Å². The maximum absolute atomic E-state index is 12.7. The van der Waals surface area contributed by atoms with Crippen LogP contribution >= 0.6 is 11.3 Å². The van der Waals surface area contributed by atoms with Crippen LogP contribution in [0.25, 0.3) is 16.0 Å². The van der Waals surface area contributed by atoms with E-state index in [0.717, 1.165) is 28.1 Å². The van der Waals surface area contributed by atoms with Crippen molar-refractivity contribution in [2.75, 3.05) is 19.0 Å². The van der Waals surface area contributed by atoms with E-state index in [-0.39, 0.29) is 12.3 Å². The largest absolute Gasteiger partial charge is 0.392 e. The van der Waals surface area contributed by atoms with Gasteiger partial charge < -0.3 is 10.0 Å². The fourth-order valence-electron chi connectivity index (χ4n) is 2.74. The zero-order valence-corrected chi connectivity index (χ0v) is 14.4. The van der Waals surface area contributed by atoms with Crippen molar-refractivity contribution in [2.24, 2.45) is 0 Å². The highest BCUT2D eigenvalue weighted by molar-refractivity contribution is 7.19. The lowest BCUT2D eigenvalue weighted by atomic mass is 10.2. The van der Waals surface area contributed by atoms with Gasteiger partial charge >= 0.3 is 5.69 Å². The molecule has 1 aromatic carbocycles. The summed E-state index contributed by atoms with van der Waals surface area (Å²) in [4.78, 5) is 23.6. The summed E-state index contributed by atoms with van der Waals surface area (Å²) in [7, 11) is 3.77. The Balaban J connectivity index is 2.02. The van der Waals surface area contributed by atoms with Gasteiger partial charge in [-0.1, -0.05) is 12.1 Å². The van der Waals surface area contributed by atoms with E-state index in [4.69, 9.17) is 4.98 Å². The molecule has 2 aromatic heterocycles. The molecule has 0 radical (unpaired) electrons. The van der Waals surface area contributed by atoms with Crippen molar-refractivity contribution in [3.63, 3.8) is 0 Å². The number of anilines is 1. The minimum atomic E-state index is -0.353. The first-order valence-electron chi connectivity index (χ1n) is 7.89. The van der Waals surface area contributed by atoms with Gasteiger partial charge in [-0.15, -0.1) is 11.3 Å². The molecule has 1 aliphatic carbocycles. The van der Waals surface area contributed by atoms with Crippen LogP contribution in [0.1, 0.15) is 29.3 Å². The maximum atomic E-state index is 12.7. The molecule has 1 saturated carbocycles. The summed E-state index contributed by atoms with van der Waals surface area (Å²) in [5.74, 6) is 1.18. The summed E-state index contributed by atoms with van der Waals surface area (Å²) in [6.45, 7) is -0.0701. The van der Waals surface area contributed by atoms with Crippen molar-refractivity contribution < 1.29 is 5.11 Å². The Kier molecular flexibility index (Phi) is 3.62. The monoisotopic (exact) mass is 342 g/mol. The molecule has 0 bridgehead atoms. The number of hydrogen-bond acceptors (Lipinski definition) is 6. The molecule has 4 rings (SSSR count). The molecule has 0 saturated heterocycles. The molecule has 1 N–H and O–H groups in total. The van der Waals surface area contributed by atoms with Crippen LogP contribution in [0.2, 0.25) is 0 Å². The third-order valence-corrected chi connectivity index (χ3v) is 5.34. The Labute approximate surface area is 143 Å². The van der Waals surface area contributed by atoms with Gasteiger partial charge in [0.1, 0.15) is 4.70 Å². The molecule has 3 aromatic rings. The van der Waals surface area contributed by atoms with Crippen molar-refractivity contribution in [1.29, 1.82) is 0 Å². The van der Waals surface area contributed by atoms with Crippen molar-refractivity contribution in [3.8, 4) is 5.69 Å². The third kappa shape index (κ3) is 2.50. The van der Waals surface area contributed by atoms with E-state index in [1.54, 1.807) is 22.0 Å². The lowest BCUT2D eigenvalue weighted by Crippen LogP contribution is -2.25. The fourth-order valence-corrected chi connectivity index (χ4v) is 4.03. The molecule has 0 aliphatic heterocycles. The summed E-state index contributed by atoms with van der Waals surface area (Å²) < 4.78 is 2.47. The minimum Gasteiger partial charge on any atom is -0.392 e. The van der Waals surface area contributed by atoms with E-state index in [2.05, 4.69) is 4.98 Å². The van der Waals surface area contributed by atoms with Crippen molar-refractivity contribution >= 4 is 27.5 Å². The van der Waals surface area contributed by atoms with E-state index in [0.29, 0.717) is 23.1 Å². The topological polar surface area (TPSA) is 71.2 Å². The van der Waals surface area contributed by atoms with Crippen molar-refractivity contribution in [2.45, 2.75) is 25.4 Å². The zero-order chi connectivity index (χ0) is 16.8. The molecule has 1 fully saturated rings. The predicted molar refractivity (Wildman–Crippen MR) is 95.2 cm³/mol. The highest BCUT2D eigenvalue weighted by Gasteiger charge is 2.29. The number of thiazole rings is 1. The van der Waals surface area contributed by atoms with E-state index in [1.807, 2.05) is 37.2 Å². The van der Waals surface area contributed by atoms with E-state index >= 15 is 0 Å². The number of aliphatic hydroxyl groups excluding tert-OH is 1. The van der Waals surface area contributed by atoms with Gasteiger partial charge in [0, 0.05) is 20.0 Å². The van der Waals surface area contributed by atoms with E-state index < -0.39 is 0 Å². The number of fused-ring (bicyclic) bond motifs is 1. The quantitative estimate of drug-likeness (QED) is 0.787. The standard InChI is InChI=1S/C17H18N4O2S/c1-20(2)14-13-15(18-16(24-13)11-6-7-11)21(17(23)19-14)12-5-3-4-10(8-12)9-22/h3-5,8,11,22H,6-7,9H2,1-2H3. The molecule has 24 heavy (non-hydrogen) atoms. The Hall–Kier alpha value is -2.25. The van der Waals surface area contributed by atoms with Gasteiger partial charge in [0.15, 0.2) is 11.5 Å². The first kappa shape index (κ1) is 15.3. The Morgan fingerprint density at radius 1 is 1.33 bits per heavy atom. The van der Waals surface area contributed by atoms with Crippen LogP contribution < -0.4 is 10.6 Å². The highest BCUT2D eigenvalue weighted by Crippen LogP contribution is 2.44. The van der Waals surface area contributed by atoms with Gasteiger partial charge in [-0.05, 0) is 30.5 Å². The molecule has 124 valence electrons. The zero-order valence-electron chi connectivity index (χ0n) is 13.6. The average molecular weight is 342 g/mol. The number of rotatable bonds is 4. The summed E-state index contributed by atoms with van der Waals surface area (Å²) in [5.41, 5.74) is 1.73. The summed E-state index contributed by atoms with van der Waals surface area (Å²) in [6, 6.07) is 7.29. The highest BCUT2D eigenvalue weighted by atomic mass is 32.1. The number of aromatic nitrogens is 3. The number of benzene rings is 1. The number of aliphatic hydroxyl groups is 1. The van der Waals surface area contributed by atoms with Crippen LogP contribution in [0, 0.1) is 0 Å². The van der Waals surface area contributed by atoms with Crippen LogP contribution in [0.5, 0.6) is 0 Å². The molecule has 0 unspecified atom stereocenters. The molecule has 2 heterocycles. The second-order valence-corrected chi connectivity index (χ2v) is 7.29. The molecule has 0 atom stereocenters. The van der Waals surface area contributed by atoms with Gasteiger partial charge in [-0.3, -0.25) is 0 Å². The third-order valence-electron chi connectivity index (χ3n) is 4.14. The van der Waals surface area contributed by atoms with Crippen LogP contribution in [0.3, 0.4) is 0 Å². The summed E-state index contributed by atoms with van der Waals surface area (Å²) in [5, 5.41) is 10.4. The normalized spacial score (nSPS) is 14.3. The Morgan fingerprint density at radius 2 is 2.12 bits per heavy atom. The van der Waals surface area contributed by atoms with E-state index in [9.17, 15) is 9.90 Å². The summed E-state index contributed by atoms with van der Waals surface area (Å²) >= 11 is 1.63. The lowest BCUT2D eigenvalue weighted by Gasteiger charge is -2.14. The van der Waals surface area contributed by atoms with Crippen LogP contribution in [-0.2, 0) is 6.61 Å². The SMILES string of the molecule is CN(C)c1nc(=O)n(-c2cccc(CO)c2)c2nc(C3CC3)sc12. The summed E-state index contributed by atoms with van der Waals surface area (Å²) in [6.07, 6.45) is 2.32. The average Bonchev–Trinajstić information content (AvgIpc) is 3.33. The molecule has 6 nitrogen and oxygen atoms in total.